The molecule has 12 N–H and O–H groups in total. The second-order valence-corrected chi connectivity index (χ2v) is 12.6. The molecule has 0 heterocycles. The van der Waals surface area contributed by atoms with Gasteiger partial charge in [-0.3, -0.25) is 0 Å². The highest BCUT2D eigenvalue weighted by Crippen LogP contribution is 2.53. The molecule has 0 radical (unpaired) electrons. The van der Waals surface area contributed by atoms with Crippen LogP contribution in [0.25, 0.3) is 0 Å². The van der Waals surface area contributed by atoms with Crippen molar-refractivity contribution in [1.82, 2.24) is 0 Å². The highest BCUT2D eigenvalue weighted by Gasteiger charge is 2.37. The van der Waals surface area contributed by atoms with E-state index in [1.165, 1.54) is 27.7 Å². The van der Waals surface area contributed by atoms with E-state index in [4.69, 9.17) is 0 Å². The topological polar surface area (TPSA) is 311 Å². The van der Waals surface area contributed by atoms with Gasteiger partial charge in [-0.05, 0) is 24.3 Å². The van der Waals surface area contributed by atoms with E-state index in [1.54, 1.807) is 0 Å². The number of hydrogen-bond donors (Lipinski definition) is 12. The zero-order valence-corrected chi connectivity index (χ0v) is 27.6. The highest BCUT2D eigenvalue weighted by atomic mass is 16.4. The summed E-state index contributed by atoms with van der Waals surface area (Å²) in [6.45, 7) is 5.22. The Morgan fingerprint density at radius 2 is 0.442 bits per heavy atom. The third-order valence-electron chi connectivity index (χ3n) is 9.91. The van der Waals surface area contributed by atoms with Crippen molar-refractivity contribution in [1.29, 1.82) is 0 Å². The van der Waals surface area contributed by atoms with Crippen molar-refractivity contribution in [2.24, 2.45) is 0 Å². The Hall–Kier alpha value is -6.84. The summed E-state index contributed by atoms with van der Waals surface area (Å²) in [4.78, 5) is 49.6. The summed E-state index contributed by atoms with van der Waals surface area (Å²) in [6.07, 6.45) is 0. The minimum absolute atomic E-state index is 0.326. The van der Waals surface area contributed by atoms with Crippen LogP contribution >= 0.6 is 0 Å². The molecule has 4 aromatic rings. The van der Waals surface area contributed by atoms with Gasteiger partial charge in [0.1, 0.15) is 68.2 Å². The van der Waals surface area contributed by atoms with Crippen molar-refractivity contribution in [3.05, 3.63) is 91.0 Å². The van der Waals surface area contributed by atoms with Gasteiger partial charge in [-0.2, -0.15) is 0 Å². The number of carbonyl (C=O) groups is 4. The van der Waals surface area contributed by atoms with Crippen molar-refractivity contribution < 1.29 is 80.5 Å². The molecule has 0 aromatic heterocycles. The van der Waals surface area contributed by atoms with Crippen molar-refractivity contribution in [3.63, 3.8) is 0 Å². The third-order valence-corrected chi connectivity index (χ3v) is 9.91. The number of aromatic carboxylic acids is 4. The fourth-order valence-corrected chi connectivity index (χ4v) is 6.94. The molecule has 0 spiro atoms. The maximum atomic E-state index is 12.4. The second kappa shape index (κ2) is 12.5. The molecule has 16 heteroatoms. The lowest BCUT2D eigenvalue weighted by Gasteiger charge is -2.27. The average molecular weight is 721 g/mol. The minimum Gasteiger partial charge on any atom is -0.507 e. The van der Waals surface area contributed by atoms with Crippen LogP contribution in [0.5, 0.6) is 46.0 Å². The summed E-state index contributed by atoms with van der Waals surface area (Å²) in [5.74, 6) is -20.9. The second-order valence-electron chi connectivity index (χ2n) is 12.6. The van der Waals surface area contributed by atoms with Gasteiger partial charge in [-0.25, -0.2) is 19.2 Å². The number of carboxylic acids is 4. The van der Waals surface area contributed by atoms with E-state index in [0.717, 1.165) is 24.3 Å². The zero-order valence-electron chi connectivity index (χ0n) is 27.6. The number of hydrogen-bond acceptors (Lipinski definition) is 12. The molecule has 8 bridgehead atoms. The maximum Gasteiger partial charge on any atom is 0.343 e. The van der Waals surface area contributed by atoms with Gasteiger partial charge >= 0.3 is 23.9 Å². The van der Waals surface area contributed by atoms with Gasteiger partial charge in [0.05, 0.1) is 0 Å². The lowest BCUT2D eigenvalue weighted by atomic mass is 9.78. The highest BCUT2D eigenvalue weighted by molar-refractivity contribution is 5.98. The molecular weight excluding hydrogens is 688 g/mol. The number of benzene rings is 4. The molecule has 0 saturated carbocycles. The number of fused-ring (bicyclic) bond motifs is 8. The minimum atomic E-state index is -1.84. The van der Waals surface area contributed by atoms with Gasteiger partial charge in [0.15, 0.2) is 0 Å². The maximum absolute atomic E-state index is 12.4. The fraction of sp³-hybridized carbons (Fsp3) is 0.222. The fourth-order valence-electron chi connectivity index (χ4n) is 6.94. The van der Waals surface area contributed by atoms with E-state index < -0.39 is 116 Å². The summed E-state index contributed by atoms with van der Waals surface area (Å²) in [6, 6.07) is 4.35. The molecule has 0 fully saturated rings. The molecule has 0 unspecified atom stereocenters. The molecule has 4 aromatic carbocycles. The van der Waals surface area contributed by atoms with Crippen LogP contribution < -0.4 is 0 Å². The van der Waals surface area contributed by atoms with Crippen molar-refractivity contribution in [2.75, 3.05) is 0 Å². The number of rotatable bonds is 4. The lowest BCUT2D eigenvalue weighted by Crippen LogP contribution is -2.13. The molecule has 52 heavy (non-hydrogen) atoms. The summed E-state index contributed by atoms with van der Waals surface area (Å²) < 4.78 is 0. The Morgan fingerprint density at radius 1 is 0.327 bits per heavy atom. The number of aromatic hydroxyl groups is 8. The molecule has 16 nitrogen and oxygen atoms in total. The Balaban J connectivity index is 2.08. The van der Waals surface area contributed by atoms with Crippen molar-refractivity contribution in [2.45, 2.75) is 51.4 Å². The van der Waals surface area contributed by atoms with Crippen LogP contribution in [0.4, 0.5) is 0 Å². The Morgan fingerprint density at radius 3 is 0.538 bits per heavy atom. The van der Waals surface area contributed by atoms with Gasteiger partial charge in [-0.1, -0.05) is 27.7 Å². The summed E-state index contributed by atoms with van der Waals surface area (Å²) in [7, 11) is 0. The predicted octanol–water partition coefficient (Wildman–Crippen LogP) is 5.04. The first-order valence-electron chi connectivity index (χ1n) is 15.4. The van der Waals surface area contributed by atoms with E-state index in [1.807, 2.05) is 0 Å². The van der Waals surface area contributed by atoms with E-state index in [2.05, 4.69) is 0 Å². The molecule has 5 rings (SSSR count). The summed E-state index contributed by atoms with van der Waals surface area (Å²) in [5.41, 5.74) is -6.79. The molecule has 0 saturated heterocycles. The van der Waals surface area contributed by atoms with Crippen LogP contribution in [-0.4, -0.2) is 85.2 Å². The van der Waals surface area contributed by atoms with Crippen LogP contribution in [0.15, 0.2) is 24.3 Å². The van der Waals surface area contributed by atoms with Crippen LogP contribution in [0, 0.1) is 0 Å². The SMILES string of the molecule is CC1c2cc(c(O)c(C(=O)O)c2O)C(C)c2cc(c(O)c(C(=O)O)c2O)C(C)c2cc(c(O)c(C(=O)O)c2O)C(C)c2cc1c(O)c(C(=O)O)c2O. The molecule has 272 valence electrons. The van der Waals surface area contributed by atoms with Crippen LogP contribution in [0.1, 0.15) is 137 Å². The first kappa shape index (κ1) is 36.4. The Bertz CT molecular complexity index is 1840. The monoisotopic (exact) mass is 720 g/mol. The normalized spacial score (nSPS) is 18.1. The predicted molar refractivity (Wildman–Crippen MR) is 177 cm³/mol. The van der Waals surface area contributed by atoms with Gasteiger partial charge in [0, 0.05) is 68.2 Å². The molecule has 1 aliphatic carbocycles. The molecule has 0 aliphatic heterocycles. The average Bonchev–Trinajstić information content (AvgIpc) is 3.03. The smallest absolute Gasteiger partial charge is 0.343 e. The quantitative estimate of drug-likeness (QED) is 0.131. The summed E-state index contributed by atoms with van der Waals surface area (Å²) in [5, 5.41) is 130. The first-order valence-corrected chi connectivity index (χ1v) is 15.4. The van der Waals surface area contributed by atoms with Crippen LogP contribution in [-0.2, 0) is 0 Å². The van der Waals surface area contributed by atoms with E-state index >= 15 is 0 Å². The van der Waals surface area contributed by atoms with E-state index in [-0.39, 0.29) is 44.5 Å². The van der Waals surface area contributed by atoms with E-state index in [0.29, 0.717) is 0 Å². The Labute approximate surface area is 292 Å². The largest absolute Gasteiger partial charge is 0.507 e. The van der Waals surface area contributed by atoms with E-state index in [9.17, 15) is 80.5 Å². The molecule has 0 atom stereocenters. The number of phenols is 8. The first-order chi connectivity index (χ1) is 24.1. The Kier molecular flexibility index (Phi) is 8.75. The number of carboxylic acid groups (broad SMARTS) is 4. The summed E-state index contributed by atoms with van der Waals surface area (Å²) >= 11 is 0. The molecular formula is C36H32O16. The van der Waals surface area contributed by atoms with Gasteiger partial charge < -0.3 is 61.3 Å². The molecule has 0 amide bonds. The van der Waals surface area contributed by atoms with Gasteiger partial charge in [-0.15, -0.1) is 0 Å². The zero-order chi connectivity index (χ0) is 39.0. The lowest BCUT2D eigenvalue weighted by molar-refractivity contribution is 0.0678. The van der Waals surface area contributed by atoms with Crippen molar-refractivity contribution >= 4 is 23.9 Å². The molecule has 1 aliphatic rings. The standard InChI is InChI=1S/C36H32O16/c1-9-13-5-15(27(39)21(25(13)37)33(45)46)10(2)17-7-19(31(43)23(29(17)41)35(49)50)12(4)20-8-18(30(42)24(32(20)44)36(51)52)11(3)16-6-14(9)26(38)22(28(16)40)34(47)48/h5-12,37-44H,1-4H3,(H,45,46)(H,47,48)(H,49,50)(H,51,52). The van der Waals surface area contributed by atoms with Gasteiger partial charge in [0.2, 0.25) is 0 Å². The van der Waals surface area contributed by atoms with Crippen molar-refractivity contribution in [3.8, 4) is 46.0 Å². The third kappa shape index (κ3) is 5.23. The van der Waals surface area contributed by atoms with Crippen LogP contribution in [0.3, 0.4) is 0 Å². The van der Waals surface area contributed by atoms with Gasteiger partial charge in [0.25, 0.3) is 0 Å². The van der Waals surface area contributed by atoms with Crippen LogP contribution in [0.2, 0.25) is 0 Å².